The number of rotatable bonds is 3. The van der Waals surface area contributed by atoms with Crippen LogP contribution in [0.2, 0.25) is 0 Å². The third-order valence-corrected chi connectivity index (χ3v) is 8.89. The van der Waals surface area contributed by atoms with Gasteiger partial charge in [-0.3, -0.25) is 4.90 Å². The van der Waals surface area contributed by atoms with Gasteiger partial charge in [0.2, 0.25) is 0 Å². The van der Waals surface area contributed by atoms with E-state index in [0.29, 0.717) is 17.4 Å². The lowest BCUT2D eigenvalue weighted by Crippen LogP contribution is -2.43. The van der Waals surface area contributed by atoms with Gasteiger partial charge >= 0.3 is 0 Å². The van der Waals surface area contributed by atoms with Crippen molar-refractivity contribution in [2.24, 2.45) is 5.41 Å². The van der Waals surface area contributed by atoms with E-state index in [9.17, 15) is 8.42 Å². The molecule has 24 heavy (non-hydrogen) atoms. The SMILES string of the molecule is O=S1(=O)CCC2(CCCN(Cc3nc(C4CCCCC4)cs3)C2)C1. The fourth-order valence-electron chi connectivity index (χ4n) is 4.92. The first-order valence-corrected chi connectivity index (χ1v) is 12.1. The second-order valence-corrected chi connectivity index (χ2v) is 11.3. The van der Waals surface area contributed by atoms with E-state index in [1.54, 1.807) is 11.3 Å². The number of hydrogen-bond donors (Lipinski definition) is 0. The summed E-state index contributed by atoms with van der Waals surface area (Å²) in [5.74, 6) is 1.47. The number of sulfone groups is 1. The summed E-state index contributed by atoms with van der Waals surface area (Å²) < 4.78 is 23.8. The summed E-state index contributed by atoms with van der Waals surface area (Å²) in [7, 11) is -2.80. The van der Waals surface area contributed by atoms with Gasteiger partial charge < -0.3 is 0 Å². The first kappa shape index (κ1) is 17.0. The van der Waals surface area contributed by atoms with Gasteiger partial charge in [-0.15, -0.1) is 11.3 Å². The van der Waals surface area contributed by atoms with Crippen molar-refractivity contribution in [3.63, 3.8) is 0 Å². The van der Waals surface area contributed by atoms with E-state index >= 15 is 0 Å². The van der Waals surface area contributed by atoms with E-state index in [2.05, 4.69) is 10.3 Å². The van der Waals surface area contributed by atoms with Crippen LogP contribution in [0, 0.1) is 5.41 Å². The molecule has 2 saturated heterocycles. The van der Waals surface area contributed by atoms with Crippen LogP contribution in [-0.4, -0.2) is 42.9 Å². The third kappa shape index (κ3) is 3.70. The summed E-state index contributed by atoms with van der Waals surface area (Å²) in [5.41, 5.74) is 1.34. The van der Waals surface area contributed by atoms with Gasteiger partial charge in [0.25, 0.3) is 0 Å². The third-order valence-electron chi connectivity index (χ3n) is 6.16. The molecule has 3 heterocycles. The first-order valence-electron chi connectivity index (χ1n) is 9.41. The van der Waals surface area contributed by atoms with E-state index in [1.807, 2.05) is 0 Å². The van der Waals surface area contributed by atoms with Gasteiger partial charge in [0.15, 0.2) is 9.84 Å². The number of thiazole rings is 1. The predicted molar refractivity (Wildman–Crippen MR) is 98.2 cm³/mol. The van der Waals surface area contributed by atoms with Crippen molar-refractivity contribution in [2.45, 2.75) is 63.8 Å². The molecule has 1 saturated carbocycles. The highest BCUT2D eigenvalue weighted by Crippen LogP contribution is 2.41. The van der Waals surface area contributed by atoms with Crippen LogP contribution in [-0.2, 0) is 16.4 Å². The summed E-state index contributed by atoms with van der Waals surface area (Å²) in [5, 5.41) is 3.49. The van der Waals surface area contributed by atoms with Crippen LogP contribution in [0.1, 0.15) is 68.0 Å². The Balaban J connectivity index is 1.39. The molecular formula is C18H28N2O2S2. The quantitative estimate of drug-likeness (QED) is 0.818. The molecule has 0 amide bonds. The Labute approximate surface area is 149 Å². The topological polar surface area (TPSA) is 50.3 Å². The maximum absolute atomic E-state index is 11.9. The molecule has 1 aliphatic carbocycles. The van der Waals surface area contributed by atoms with Gasteiger partial charge in [-0.05, 0) is 44.1 Å². The fraction of sp³-hybridized carbons (Fsp3) is 0.833. The molecule has 0 N–H and O–H groups in total. The van der Waals surface area contributed by atoms with Crippen LogP contribution in [0.15, 0.2) is 5.38 Å². The van der Waals surface area contributed by atoms with Crippen LogP contribution in [0.3, 0.4) is 0 Å². The lowest BCUT2D eigenvalue weighted by molar-refractivity contribution is 0.102. The largest absolute Gasteiger partial charge is 0.296 e. The lowest BCUT2D eigenvalue weighted by atomic mass is 9.79. The molecule has 1 spiro atoms. The zero-order valence-electron chi connectivity index (χ0n) is 14.4. The molecule has 3 fully saturated rings. The zero-order valence-corrected chi connectivity index (χ0v) is 16.0. The summed E-state index contributed by atoms with van der Waals surface area (Å²) in [6.45, 7) is 2.92. The fourth-order valence-corrected chi connectivity index (χ4v) is 8.04. The van der Waals surface area contributed by atoms with Crippen molar-refractivity contribution < 1.29 is 8.42 Å². The van der Waals surface area contributed by atoms with Gasteiger partial charge in [-0.25, -0.2) is 13.4 Å². The molecule has 1 aromatic rings. The lowest BCUT2D eigenvalue weighted by Gasteiger charge is -2.39. The Morgan fingerprint density at radius 3 is 2.79 bits per heavy atom. The summed E-state index contributed by atoms with van der Waals surface area (Å²) in [6.07, 6.45) is 9.73. The van der Waals surface area contributed by atoms with E-state index in [0.717, 1.165) is 38.9 Å². The highest BCUT2D eigenvalue weighted by atomic mass is 32.2. The van der Waals surface area contributed by atoms with Crippen LogP contribution in [0.4, 0.5) is 0 Å². The summed E-state index contributed by atoms with van der Waals surface area (Å²) in [6, 6.07) is 0. The van der Waals surface area contributed by atoms with Crippen molar-refractivity contribution in [3.8, 4) is 0 Å². The molecule has 1 unspecified atom stereocenters. The number of hydrogen-bond acceptors (Lipinski definition) is 5. The molecule has 1 atom stereocenters. The van der Waals surface area contributed by atoms with Crippen LogP contribution >= 0.6 is 11.3 Å². The van der Waals surface area contributed by atoms with E-state index in [1.165, 1.54) is 42.8 Å². The van der Waals surface area contributed by atoms with Crippen molar-refractivity contribution in [1.82, 2.24) is 9.88 Å². The van der Waals surface area contributed by atoms with Crippen molar-refractivity contribution in [1.29, 1.82) is 0 Å². The van der Waals surface area contributed by atoms with Crippen molar-refractivity contribution in [3.05, 3.63) is 16.1 Å². The maximum Gasteiger partial charge on any atom is 0.150 e. The van der Waals surface area contributed by atoms with E-state index in [4.69, 9.17) is 4.98 Å². The summed E-state index contributed by atoms with van der Waals surface area (Å²) in [4.78, 5) is 7.38. The van der Waals surface area contributed by atoms with E-state index < -0.39 is 9.84 Å². The predicted octanol–water partition coefficient (Wildman–Crippen LogP) is 3.59. The van der Waals surface area contributed by atoms with Gasteiger partial charge in [0, 0.05) is 17.8 Å². The van der Waals surface area contributed by atoms with Gasteiger partial charge in [-0.1, -0.05) is 19.3 Å². The molecule has 2 aliphatic heterocycles. The molecular weight excluding hydrogens is 340 g/mol. The maximum atomic E-state index is 11.9. The normalized spacial score (nSPS) is 31.7. The average molecular weight is 369 g/mol. The average Bonchev–Trinajstić information content (AvgIpc) is 3.13. The monoisotopic (exact) mass is 368 g/mol. The van der Waals surface area contributed by atoms with Crippen molar-refractivity contribution >= 4 is 21.2 Å². The molecule has 4 rings (SSSR count). The number of piperidine rings is 1. The molecule has 4 nitrogen and oxygen atoms in total. The minimum Gasteiger partial charge on any atom is -0.296 e. The molecule has 0 aromatic carbocycles. The molecule has 134 valence electrons. The van der Waals surface area contributed by atoms with Gasteiger partial charge in [-0.2, -0.15) is 0 Å². The zero-order chi connectivity index (χ0) is 16.6. The minimum atomic E-state index is -2.80. The number of likely N-dealkylation sites (tertiary alicyclic amines) is 1. The Hall–Kier alpha value is -0.460. The van der Waals surface area contributed by atoms with Gasteiger partial charge in [0.05, 0.1) is 23.7 Å². The van der Waals surface area contributed by atoms with E-state index in [-0.39, 0.29) is 5.41 Å². The van der Waals surface area contributed by atoms with Crippen molar-refractivity contribution in [2.75, 3.05) is 24.6 Å². The molecule has 0 bridgehead atoms. The first-order chi connectivity index (χ1) is 11.5. The molecule has 3 aliphatic rings. The second kappa shape index (κ2) is 6.69. The van der Waals surface area contributed by atoms with Crippen LogP contribution < -0.4 is 0 Å². The number of aromatic nitrogens is 1. The van der Waals surface area contributed by atoms with Crippen LogP contribution in [0.5, 0.6) is 0 Å². The Kier molecular flexibility index (Phi) is 4.73. The molecule has 6 heteroatoms. The standard InChI is InChI=1S/C18H28N2O2S2/c21-24(22)10-8-18(14-24)7-4-9-20(13-18)11-17-19-16(12-23-17)15-5-2-1-3-6-15/h12,15H,1-11,13-14H2. The molecule has 1 aromatic heterocycles. The number of nitrogens with zero attached hydrogens (tertiary/aromatic N) is 2. The highest BCUT2D eigenvalue weighted by molar-refractivity contribution is 7.91. The van der Waals surface area contributed by atoms with Gasteiger partial charge in [0.1, 0.15) is 5.01 Å². The second-order valence-electron chi connectivity index (χ2n) is 8.16. The Bertz CT molecular complexity index is 679. The Morgan fingerprint density at radius 2 is 2.04 bits per heavy atom. The van der Waals surface area contributed by atoms with Crippen LogP contribution in [0.25, 0.3) is 0 Å². The highest BCUT2D eigenvalue weighted by Gasteiger charge is 2.44. The molecule has 0 radical (unpaired) electrons. The summed E-state index contributed by atoms with van der Waals surface area (Å²) >= 11 is 1.80. The minimum absolute atomic E-state index is 0.0283. The smallest absolute Gasteiger partial charge is 0.150 e. The Morgan fingerprint density at radius 1 is 1.21 bits per heavy atom.